The van der Waals surface area contributed by atoms with Gasteiger partial charge in [0.05, 0.1) is 11.1 Å². The van der Waals surface area contributed by atoms with Crippen molar-refractivity contribution < 1.29 is 19.4 Å². The van der Waals surface area contributed by atoms with Gasteiger partial charge in [-0.1, -0.05) is 30.5 Å². The lowest BCUT2D eigenvalue weighted by Gasteiger charge is -2.38. The van der Waals surface area contributed by atoms with Crippen LogP contribution >= 0.6 is 11.6 Å². The van der Waals surface area contributed by atoms with Crippen LogP contribution in [-0.4, -0.2) is 22.3 Å². The van der Waals surface area contributed by atoms with Crippen molar-refractivity contribution in [3.63, 3.8) is 0 Å². The van der Waals surface area contributed by atoms with Crippen LogP contribution < -0.4 is 0 Å². The lowest BCUT2D eigenvalue weighted by Crippen LogP contribution is -2.48. The Morgan fingerprint density at radius 1 is 1.44 bits per heavy atom. The van der Waals surface area contributed by atoms with Crippen LogP contribution in [0, 0.1) is 5.82 Å². The number of rotatable bonds is 2. The van der Waals surface area contributed by atoms with Gasteiger partial charge in [-0.15, -0.1) is 0 Å². The molecule has 0 aliphatic heterocycles. The average molecular weight is 273 g/mol. The Hall–Kier alpha value is -1.13. The second kappa shape index (κ2) is 4.86. The molecule has 1 aromatic rings. The summed E-state index contributed by atoms with van der Waals surface area (Å²) in [5.74, 6) is -1.77. The van der Waals surface area contributed by atoms with Gasteiger partial charge in [-0.05, 0) is 30.5 Å². The first-order valence-electron chi connectivity index (χ1n) is 5.85. The Morgan fingerprint density at radius 2 is 2.17 bits per heavy atom. The minimum Gasteiger partial charge on any atom is -0.481 e. The molecule has 0 unspecified atom stereocenters. The predicted molar refractivity (Wildman–Crippen MR) is 65.2 cm³/mol. The molecule has 3 nitrogen and oxygen atoms in total. The molecule has 0 saturated heterocycles. The maximum Gasteiger partial charge on any atom is 0.316 e. The number of hydrogen-bond acceptors (Lipinski definition) is 2. The summed E-state index contributed by atoms with van der Waals surface area (Å²) in [6.07, 6.45) is 1.21. The summed E-state index contributed by atoms with van der Waals surface area (Å²) in [5, 5.41) is 19.5. The second-order valence-corrected chi connectivity index (χ2v) is 5.07. The van der Waals surface area contributed by atoms with E-state index in [4.69, 9.17) is 11.6 Å². The molecule has 18 heavy (non-hydrogen) atoms. The first-order chi connectivity index (χ1) is 8.48. The van der Waals surface area contributed by atoms with Crippen molar-refractivity contribution in [1.29, 1.82) is 0 Å². The van der Waals surface area contributed by atoms with Gasteiger partial charge in [-0.3, -0.25) is 4.79 Å². The van der Waals surface area contributed by atoms with Crippen LogP contribution in [0.3, 0.4) is 0 Å². The highest BCUT2D eigenvalue weighted by atomic mass is 35.5. The molecule has 2 rings (SSSR count). The molecule has 1 aliphatic rings. The summed E-state index contributed by atoms with van der Waals surface area (Å²) in [5.41, 5.74) is -1.13. The topological polar surface area (TPSA) is 57.5 Å². The highest BCUT2D eigenvalue weighted by molar-refractivity contribution is 6.30. The Bertz CT molecular complexity index is 477. The van der Waals surface area contributed by atoms with Crippen molar-refractivity contribution in [1.82, 2.24) is 0 Å². The average Bonchev–Trinajstić information content (AvgIpc) is 2.33. The summed E-state index contributed by atoms with van der Waals surface area (Å²) in [7, 11) is 0. The number of aliphatic hydroxyl groups is 1. The summed E-state index contributed by atoms with van der Waals surface area (Å²) in [6, 6.07) is 3.93. The van der Waals surface area contributed by atoms with E-state index < -0.39 is 23.3 Å². The van der Waals surface area contributed by atoms with Crippen LogP contribution in [-0.2, 0) is 10.2 Å². The maximum absolute atomic E-state index is 13.5. The lowest BCUT2D eigenvalue weighted by molar-refractivity contribution is -0.151. The molecule has 1 aromatic carbocycles. The molecule has 1 aliphatic carbocycles. The van der Waals surface area contributed by atoms with Gasteiger partial charge in [0.1, 0.15) is 11.2 Å². The monoisotopic (exact) mass is 272 g/mol. The summed E-state index contributed by atoms with van der Waals surface area (Å²) in [6.45, 7) is 0. The predicted octanol–water partition coefficient (Wildman–Crippen LogP) is 2.74. The van der Waals surface area contributed by atoms with E-state index in [0.717, 1.165) is 12.5 Å². The minimum absolute atomic E-state index is 0.0513. The lowest BCUT2D eigenvalue weighted by atomic mass is 9.67. The van der Waals surface area contributed by atoms with Crippen molar-refractivity contribution in [3.05, 3.63) is 34.6 Å². The number of benzene rings is 1. The SMILES string of the molecule is O=C(O)[C@@]1(c2ccc(Cl)c(F)c2)CCCC[C@H]1O. The summed E-state index contributed by atoms with van der Waals surface area (Å²) >= 11 is 5.60. The Labute approximate surface area is 109 Å². The van der Waals surface area contributed by atoms with Crippen LogP contribution in [0.25, 0.3) is 0 Å². The fraction of sp³-hybridized carbons (Fsp3) is 0.462. The molecule has 98 valence electrons. The fourth-order valence-electron chi connectivity index (χ4n) is 2.64. The number of halogens is 2. The molecule has 0 bridgehead atoms. The van der Waals surface area contributed by atoms with E-state index in [9.17, 15) is 19.4 Å². The van der Waals surface area contributed by atoms with E-state index in [1.807, 2.05) is 0 Å². The molecular formula is C13H14ClFO3. The van der Waals surface area contributed by atoms with Crippen LogP contribution in [0.15, 0.2) is 18.2 Å². The standard InChI is InChI=1S/C13H14ClFO3/c14-9-5-4-8(7-10(9)15)13(12(17)18)6-2-1-3-11(13)16/h4-5,7,11,16H,1-3,6H2,(H,17,18)/t11-,13-/m1/s1. The first-order valence-corrected chi connectivity index (χ1v) is 6.23. The van der Waals surface area contributed by atoms with Gasteiger partial charge in [-0.2, -0.15) is 0 Å². The fourth-order valence-corrected chi connectivity index (χ4v) is 2.76. The van der Waals surface area contributed by atoms with E-state index in [-0.39, 0.29) is 10.6 Å². The number of aliphatic hydroxyl groups excluding tert-OH is 1. The normalized spacial score (nSPS) is 28.1. The Balaban J connectivity index is 2.52. The third kappa shape index (κ3) is 1.99. The van der Waals surface area contributed by atoms with Crippen molar-refractivity contribution in [2.24, 2.45) is 0 Å². The number of carboxylic acids is 1. The van der Waals surface area contributed by atoms with Crippen LogP contribution in [0.4, 0.5) is 4.39 Å². The van der Waals surface area contributed by atoms with Crippen LogP contribution in [0.5, 0.6) is 0 Å². The van der Waals surface area contributed by atoms with Crippen molar-refractivity contribution >= 4 is 17.6 Å². The van der Waals surface area contributed by atoms with Gasteiger partial charge in [0.2, 0.25) is 0 Å². The molecule has 0 heterocycles. The molecule has 1 saturated carbocycles. The zero-order valence-corrected chi connectivity index (χ0v) is 10.5. The zero-order valence-electron chi connectivity index (χ0n) is 9.70. The quantitative estimate of drug-likeness (QED) is 0.870. The molecule has 0 aromatic heterocycles. The number of aliphatic carboxylic acids is 1. The van der Waals surface area contributed by atoms with Gasteiger partial charge >= 0.3 is 5.97 Å². The van der Waals surface area contributed by atoms with Gasteiger partial charge in [0.15, 0.2) is 0 Å². The van der Waals surface area contributed by atoms with Crippen molar-refractivity contribution in [3.8, 4) is 0 Å². The van der Waals surface area contributed by atoms with Gasteiger partial charge in [0.25, 0.3) is 0 Å². The van der Waals surface area contributed by atoms with Gasteiger partial charge in [-0.25, -0.2) is 4.39 Å². The van der Waals surface area contributed by atoms with Crippen molar-refractivity contribution in [2.75, 3.05) is 0 Å². The number of hydrogen-bond donors (Lipinski definition) is 2. The highest BCUT2D eigenvalue weighted by Crippen LogP contribution is 2.40. The Kier molecular flexibility index (Phi) is 3.59. The van der Waals surface area contributed by atoms with Gasteiger partial charge in [0, 0.05) is 0 Å². The largest absolute Gasteiger partial charge is 0.481 e. The van der Waals surface area contributed by atoms with Gasteiger partial charge < -0.3 is 10.2 Å². The first kappa shape index (κ1) is 13.3. The molecule has 5 heteroatoms. The van der Waals surface area contributed by atoms with E-state index in [1.165, 1.54) is 12.1 Å². The molecule has 0 radical (unpaired) electrons. The van der Waals surface area contributed by atoms with Crippen molar-refractivity contribution in [2.45, 2.75) is 37.2 Å². The number of carboxylic acid groups (broad SMARTS) is 1. The smallest absolute Gasteiger partial charge is 0.316 e. The third-order valence-electron chi connectivity index (χ3n) is 3.68. The van der Waals surface area contributed by atoms with Crippen LogP contribution in [0.2, 0.25) is 5.02 Å². The molecule has 0 spiro atoms. The molecule has 1 fully saturated rings. The summed E-state index contributed by atoms with van der Waals surface area (Å²) in [4.78, 5) is 11.6. The Morgan fingerprint density at radius 3 is 2.72 bits per heavy atom. The highest BCUT2D eigenvalue weighted by Gasteiger charge is 2.48. The third-order valence-corrected chi connectivity index (χ3v) is 3.99. The minimum atomic E-state index is -1.41. The molecule has 2 N–H and O–H groups in total. The summed E-state index contributed by atoms with van der Waals surface area (Å²) < 4.78 is 13.5. The maximum atomic E-state index is 13.5. The molecular weight excluding hydrogens is 259 g/mol. The van der Waals surface area contributed by atoms with E-state index in [2.05, 4.69) is 0 Å². The zero-order chi connectivity index (χ0) is 13.3. The van der Waals surface area contributed by atoms with Crippen LogP contribution in [0.1, 0.15) is 31.2 Å². The van der Waals surface area contributed by atoms with E-state index in [0.29, 0.717) is 19.3 Å². The second-order valence-electron chi connectivity index (χ2n) is 4.67. The van der Waals surface area contributed by atoms with E-state index >= 15 is 0 Å². The number of carbonyl (C=O) groups is 1. The molecule has 2 atom stereocenters. The molecule has 0 amide bonds. The van der Waals surface area contributed by atoms with E-state index in [1.54, 1.807) is 0 Å².